The van der Waals surface area contributed by atoms with Gasteiger partial charge in [0.15, 0.2) is 9.84 Å². The Hall–Kier alpha value is -1.59. The summed E-state index contributed by atoms with van der Waals surface area (Å²) < 4.78 is 28.7. The van der Waals surface area contributed by atoms with E-state index in [0.717, 1.165) is 23.6 Å². The zero-order valence-electron chi connectivity index (χ0n) is 12.1. The number of furan rings is 1. The van der Waals surface area contributed by atoms with Gasteiger partial charge in [-0.2, -0.15) is 0 Å². The maximum atomic E-state index is 11.5. The standard InChI is InChI=1S/C16H19NO3S/c1-13-6-7-16(20-13)15-5-3-2-4-14(15)12-17-8-10-21(18,19)11-9-17/h2-7H,8-12H2,1H3. The first-order valence-corrected chi connectivity index (χ1v) is 8.93. The molecule has 5 heteroatoms. The molecule has 0 amide bonds. The third-order valence-corrected chi connectivity index (χ3v) is 5.46. The van der Waals surface area contributed by atoms with E-state index in [2.05, 4.69) is 11.0 Å². The van der Waals surface area contributed by atoms with Crippen LogP contribution in [0.2, 0.25) is 0 Å². The van der Waals surface area contributed by atoms with Gasteiger partial charge >= 0.3 is 0 Å². The molecule has 1 aromatic heterocycles. The van der Waals surface area contributed by atoms with E-state index in [1.54, 1.807) is 0 Å². The zero-order chi connectivity index (χ0) is 14.9. The van der Waals surface area contributed by atoms with Crippen molar-refractivity contribution in [2.24, 2.45) is 0 Å². The summed E-state index contributed by atoms with van der Waals surface area (Å²) in [6.07, 6.45) is 0. The van der Waals surface area contributed by atoms with Gasteiger partial charge in [-0.3, -0.25) is 4.90 Å². The van der Waals surface area contributed by atoms with Crippen LogP contribution in [-0.4, -0.2) is 37.9 Å². The molecule has 21 heavy (non-hydrogen) atoms. The normalized spacial score (nSPS) is 18.7. The molecule has 0 unspecified atom stereocenters. The Bertz CT molecular complexity index is 719. The monoisotopic (exact) mass is 305 g/mol. The fourth-order valence-corrected chi connectivity index (χ4v) is 3.90. The van der Waals surface area contributed by atoms with E-state index in [4.69, 9.17) is 4.42 Å². The minimum atomic E-state index is -2.83. The van der Waals surface area contributed by atoms with Crippen LogP contribution in [0.5, 0.6) is 0 Å². The molecule has 1 aliphatic rings. The first-order valence-electron chi connectivity index (χ1n) is 7.11. The molecule has 2 aromatic rings. The molecule has 1 aliphatic heterocycles. The van der Waals surface area contributed by atoms with Gasteiger partial charge in [0.1, 0.15) is 11.5 Å². The van der Waals surface area contributed by atoms with E-state index in [9.17, 15) is 8.42 Å². The van der Waals surface area contributed by atoms with Crippen LogP contribution in [0.15, 0.2) is 40.8 Å². The fraction of sp³-hybridized carbons (Fsp3) is 0.375. The molecule has 0 spiro atoms. The Balaban J connectivity index is 1.80. The number of hydrogen-bond acceptors (Lipinski definition) is 4. The Labute approximate surface area is 125 Å². The molecule has 1 aromatic carbocycles. The van der Waals surface area contributed by atoms with Crippen molar-refractivity contribution in [2.45, 2.75) is 13.5 Å². The molecule has 4 nitrogen and oxygen atoms in total. The topological polar surface area (TPSA) is 50.5 Å². The molecule has 112 valence electrons. The summed E-state index contributed by atoms with van der Waals surface area (Å²) in [6.45, 7) is 3.90. The fourth-order valence-electron chi connectivity index (χ4n) is 2.63. The average Bonchev–Trinajstić information content (AvgIpc) is 2.88. The van der Waals surface area contributed by atoms with E-state index in [1.165, 1.54) is 5.56 Å². The number of aryl methyl sites for hydroxylation is 1. The predicted octanol–water partition coefficient (Wildman–Crippen LogP) is 2.49. The number of hydrogen-bond donors (Lipinski definition) is 0. The van der Waals surface area contributed by atoms with Gasteiger partial charge in [-0.25, -0.2) is 8.42 Å². The molecule has 0 radical (unpaired) electrons. The number of sulfone groups is 1. The lowest BCUT2D eigenvalue weighted by Gasteiger charge is -2.27. The van der Waals surface area contributed by atoms with Gasteiger partial charge in [0.25, 0.3) is 0 Å². The second-order valence-electron chi connectivity index (χ2n) is 5.50. The third-order valence-electron chi connectivity index (χ3n) is 3.85. The maximum absolute atomic E-state index is 11.5. The molecular formula is C16H19NO3S. The van der Waals surface area contributed by atoms with Gasteiger partial charge < -0.3 is 4.42 Å². The second kappa shape index (κ2) is 5.66. The first-order chi connectivity index (χ1) is 10.0. The summed E-state index contributed by atoms with van der Waals surface area (Å²) in [5.74, 6) is 2.28. The van der Waals surface area contributed by atoms with Crippen molar-refractivity contribution in [1.29, 1.82) is 0 Å². The molecule has 0 bridgehead atoms. The van der Waals surface area contributed by atoms with E-state index < -0.39 is 9.84 Å². The summed E-state index contributed by atoms with van der Waals surface area (Å²) in [6, 6.07) is 12.1. The highest BCUT2D eigenvalue weighted by Crippen LogP contribution is 2.26. The minimum Gasteiger partial charge on any atom is -0.461 e. The van der Waals surface area contributed by atoms with E-state index in [-0.39, 0.29) is 11.5 Å². The lowest BCUT2D eigenvalue weighted by Crippen LogP contribution is -2.39. The van der Waals surface area contributed by atoms with Gasteiger partial charge in [-0.05, 0) is 24.6 Å². The smallest absolute Gasteiger partial charge is 0.152 e. The predicted molar refractivity (Wildman–Crippen MR) is 82.8 cm³/mol. The summed E-state index contributed by atoms with van der Waals surface area (Å²) in [7, 11) is -2.83. The van der Waals surface area contributed by atoms with E-state index >= 15 is 0 Å². The molecule has 1 saturated heterocycles. The largest absolute Gasteiger partial charge is 0.461 e. The van der Waals surface area contributed by atoms with Gasteiger partial charge in [0, 0.05) is 25.2 Å². The Morgan fingerprint density at radius 3 is 2.48 bits per heavy atom. The van der Waals surface area contributed by atoms with Crippen LogP contribution in [0.25, 0.3) is 11.3 Å². The van der Waals surface area contributed by atoms with Crippen molar-refractivity contribution < 1.29 is 12.8 Å². The van der Waals surface area contributed by atoms with Crippen molar-refractivity contribution in [3.05, 3.63) is 47.7 Å². The highest BCUT2D eigenvalue weighted by Gasteiger charge is 2.22. The number of nitrogens with zero attached hydrogens (tertiary/aromatic N) is 1. The summed E-state index contributed by atoms with van der Waals surface area (Å²) >= 11 is 0. The van der Waals surface area contributed by atoms with Crippen molar-refractivity contribution in [1.82, 2.24) is 4.90 Å². The highest BCUT2D eigenvalue weighted by molar-refractivity contribution is 7.91. The van der Waals surface area contributed by atoms with Crippen LogP contribution < -0.4 is 0 Å². The van der Waals surface area contributed by atoms with Crippen LogP contribution in [0.1, 0.15) is 11.3 Å². The van der Waals surface area contributed by atoms with Gasteiger partial charge in [0.2, 0.25) is 0 Å². The zero-order valence-corrected chi connectivity index (χ0v) is 12.9. The quantitative estimate of drug-likeness (QED) is 0.874. The molecule has 3 rings (SSSR count). The first kappa shape index (κ1) is 14.4. The highest BCUT2D eigenvalue weighted by atomic mass is 32.2. The average molecular weight is 305 g/mol. The molecule has 0 aliphatic carbocycles. The van der Waals surface area contributed by atoms with Gasteiger partial charge in [-0.15, -0.1) is 0 Å². The molecule has 0 atom stereocenters. The number of benzene rings is 1. The van der Waals surface area contributed by atoms with Gasteiger partial charge in [0.05, 0.1) is 11.5 Å². The van der Waals surface area contributed by atoms with Crippen molar-refractivity contribution in [2.75, 3.05) is 24.6 Å². The molecule has 1 fully saturated rings. The molecular weight excluding hydrogens is 286 g/mol. The van der Waals surface area contributed by atoms with Crippen molar-refractivity contribution >= 4 is 9.84 Å². The Kier molecular flexibility index (Phi) is 3.87. The lowest BCUT2D eigenvalue weighted by atomic mass is 10.0. The minimum absolute atomic E-state index is 0.259. The van der Waals surface area contributed by atoms with Crippen LogP contribution in [0, 0.1) is 6.92 Å². The van der Waals surface area contributed by atoms with Gasteiger partial charge in [-0.1, -0.05) is 24.3 Å². The Morgan fingerprint density at radius 1 is 1.10 bits per heavy atom. The van der Waals surface area contributed by atoms with Crippen LogP contribution >= 0.6 is 0 Å². The molecule has 2 heterocycles. The van der Waals surface area contributed by atoms with Crippen molar-refractivity contribution in [3.8, 4) is 11.3 Å². The van der Waals surface area contributed by atoms with Crippen LogP contribution in [-0.2, 0) is 16.4 Å². The van der Waals surface area contributed by atoms with Crippen LogP contribution in [0.4, 0.5) is 0 Å². The third kappa shape index (κ3) is 3.36. The second-order valence-corrected chi connectivity index (χ2v) is 7.80. The van der Waals surface area contributed by atoms with E-state index in [1.807, 2.05) is 37.3 Å². The molecule has 0 N–H and O–H groups in total. The van der Waals surface area contributed by atoms with Crippen molar-refractivity contribution in [3.63, 3.8) is 0 Å². The Morgan fingerprint density at radius 2 is 1.81 bits per heavy atom. The molecule has 0 saturated carbocycles. The maximum Gasteiger partial charge on any atom is 0.152 e. The SMILES string of the molecule is Cc1ccc(-c2ccccc2CN2CCS(=O)(=O)CC2)o1. The van der Waals surface area contributed by atoms with Crippen LogP contribution in [0.3, 0.4) is 0 Å². The lowest BCUT2D eigenvalue weighted by molar-refractivity contribution is 0.288. The summed E-state index contributed by atoms with van der Waals surface area (Å²) in [4.78, 5) is 2.19. The number of rotatable bonds is 3. The summed E-state index contributed by atoms with van der Waals surface area (Å²) in [5.41, 5.74) is 2.25. The van der Waals surface area contributed by atoms with E-state index in [0.29, 0.717) is 13.1 Å². The summed E-state index contributed by atoms with van der Waals surface area (Å²) in [5, 5.41) is 0.